The zero-order valence-electron chi connectivity index (χ0n) is 15.2. The van der Waals surface area contributed by atoms with E-state index in [0.717, 1.165) is 12.8 Å². The summed E-state index contributed by atoms with van der Waals surface area (Å²) >= 11 is 6.15. The molecule has 0 spiro atoms. The first-order valence-corrected chi connectivity index (χ1v) is 9.65. The number of hydrogen-bond acceptors (Lipinski definition) is 3. The van der Waals surface area contributed by atoms with E-state index >= 15 is 0 Å². The van der Waals surface area contributed by atoms with Gasteiger partial charge in [-0.15, -0.1) is 0 Å². The van der Waals surface area contributed by atoms with Crippen LogP contribution in [0.25, 0.3) is 0 Å². The summed E-state index contributed by atoms with van der Waals surface area (Å²) in [7, 11) is 0. The van der Waals surface area contributed by atoms with E-state index in [0.29, 0.717) is 29.8 Å². The standard InChI is InChI=1S/C21H20ClFN2O3/c22-18-10-14(23)8-7-13(18)12-25-19(16-5-1-2-6-17(16)21(25)27)20(26)24-11-15-4-3-9-28-15/h1-2,5-8,10,15,19H,3-4,9,11-12H2,(H,24,26). The molecule has 0 aliphatic carbocycles. The Balaban J connectivity index is 1.59. The molecule has 2 unspecified atom stereocenters. The second kappa shape index (κ2) is 7.89. The van der Waals surface area contributed by atoms with Gasteiger partial charge >= 0.3 is 0 Å². The van der Waals surface area contributed by atoms with Gasteiger partial charge in [0, 0.05) is 30.3 Å². The van der Waals surface area contributed by atoms with Crippen molar-refractivity contribution in [3.63, 3.8) is 0 Å². The number of halogens is 2. The molecule has 0 radical (unpaired) electrons. The molecule has 28 heavy (non-hydrogen) atoms. The van der Waals surface area contributed by atoms with Crippen molar-refractivity contribution in [1.82, 2.24) is 10.2 Å². The van der Waals surface area contributed by atoms with Crippen molar-refractivity contribution in [3.05, 3.63) is 70.0 Å². The molecule has 0 aromatic heterocycles. The largest absolute Gasteiger partial charge is 0.376 e. The summed E-state index contributed by atoms with van der Waals surface area (Å²) in [5.41, 5.74) is 1.75. The maximum atomic E-state index is 13.4. The van der Waals surface area contributed by atoms with Gasteiger partial charge in [0.15, 0.2) is 0 Å². The van der Waals surface area contributed by atoms with Gasteiger partial charge in [0.2, 0.25) is 5.91 Å². The van der Waals surface area contributed by atoms with Crippen molar-refractivity contribution in [2.24, 2.45) is 0 Å². The SMILES string of the molecule is O=C(NCC1CCCO1)C1c2ccccc2C(=O)N1Cc1ccc(F)cc1Cl. The number of nitrogens with one attached hydrogen (secondary N) is 1. The Morgan fingerprint density at radius 1 is 1.29 bits per heavy atom. The third-order valence-corrected chi connectivity index (χ3v) is 5.54. The summed E-state index contributed by atoms with van der Waals surface area (Å²) in [5, 5.41) is 3.14. The van der Waals surface area contributed by atoms with Crippen molar-refractivity contribution in [1.29, 1.82) is 0 Å². The predicted octanol–water partition coefficient (Wildman–Crippen LogP) is 3.47. The molecule has 5 nitrogen and oxygen atoms in total. The molecule has 1 fully saturated rings. The van der Waals surface area contributed by atoms with Gasteiger partial charge in [-0.1, -0.05) is 35.9 Å². The number of benzene rings is 2. The third kappa shape index (κ3) is 3.62. The quantitative estimate of drug-likeness (QED) is 0.833. The average Bonchev–Trinajstić information content (AvgIpc) is 3.29. The molecule has 1 N–H and O–H groups in total. The molecule has 2 atom stereocenters. The van der Waals surface area contributed by atoms with E-state index in [-0.39, 0.29) is 29.5 Å². The van der Waals surface area contributed by atoms with Crippen LogP contribution in [0, 0.1) is 5.82 Å². The molecule has 2 aromatic rings. The number of nitrogens with zero attached hydrogens (tertiary/aromatic N) is 1. The summed E-state index contributed by atoms with van der Waals surface area (Å²) in [4.78, 5) is 27.4. The minimum atomic E-state index is -0.758. The van der Waals surface area contributed by atoms with Gasteiger partial charge in [-0.05, 0) is 42.2 Å². The molecule has 2 aliphatic heterocycles. The Labute approximate surface area is 167 Å². The predicted molar refractivity (Wildman–Crippen MR) is 102 cm³/mol. The molecule has 2 aromatic carbocycles. The minimum absolute atomic E-state index is 0.0105. The zero-order valence-corrected chi connectivity index (χ0v) is 15.9. The Bertz CT molecular complexity index is 914. The number of carbonyl (C=O) groups excluding carboxylic acids is 2. The minimum Gasteiger partial charge on any atom is -0.376 e. The molecule has 2 heterocycles. The Hall–Kier alpha value is -2.44. The van der Waals surface area contributed by atoms with Crippen LogP contribution in [0.1, 0.15) is 40.4 Å². The molecule has 0 bridgehead atoms. The van der Waals surface area contributed by atoms with Crippen LogP contribution in [0.5, 0.6) is 0 Å². The van der Waals surface area contributed by atoms with E-state index in [1.165, 1.54) is 23.1 Å². The molecule has 0 saturated carbocycles. The van der Waals surface area contributed by atoms with Crippen LogP contribution in [-0.4, -0.2) is 36.0 Å². The summed E-state index contributed by atoms with van der Waals surface area (Å²) < 4.78 is 18.9. The lowest BCUT2D eigenvalue weighted by molar-refractivity contribution is -0.126. The highest BCUT2D eigenvalue weighted by Crippen LogP contribution is 2.36. The van der Waals surface area contributed by atoms with Gasteiger partial charge in [0.05, 0.1) is 6.10 Å². The van der Waals surface area contributed by atoms with Crippen molar-refractivity contribution < 1.29 is 18.7 Å². The van der Waals surface area contributed by atoms with Crippen LogP contribution in [0.15, 0.2) is 42.5 Å². The average molecular weight is 403 g/mol. The number of hydrogen-bond donors (Lipinski definition) is 1. The van der Waals surface area contributed by atoms with Crippen molar-refractivity contribution in [2.75, 3.05) is 13.2 Å². The fraction of sp³-hybridized carbons (Fsp3) is 0.333. The molecule has 146 valence electrons. The highest BCUT2D eigenvalue weighted by molar-refractivity contribution is 6.31. The maximum absolute atomic E-state index is 13.4. The fourth-order valence-corrected chi connectivity index (χ4v) is 3.99. The molecular formula is C21H20ClFN2O3. The molecule has 2 aliphatic rings. The fourth-order valence-electron chi connectivity index (χ4n) is 3.77. The van der Waals surface area contributed by atoms with Gasteiger partial charge in [-0.3, -0.25) is 9.59 Å². The Kier molecular flexibility index (Phi) is 5.33. The Morgan fingerprint density at radius 3 is 2.86 bits per heavy atom. The smallest absolute Gasteiger partial charge is 0.255 e. The third-order valence-electron chi connectivity index (χ3n) is 5.19. The van der Waals surface area contributed by atoms with E-state index in [9.17, 15) is 14.0 Å². The van der Waals surface area contributed by atoms with Gasteiger partial charge in [-0.2, -0.15) is 0 Å². The zero-order chi connectivity index (χ0) is 19.7. The second-order valence-corrected chi connectivity index (χ2v) is 7.45. The lowest BCUT2D eigenvalue weighted by atomic mass is 10.0. The first-order chi connectivity index (χ1) is 13.5. The second-order valence-electron chi connectivity index (χ2n) is 7.04. The number of rotatable bonds is 5. The first kappa shape index (κ1) is 18.9. The molecule has 1 saturated heterocycles. The van der Waals surface area contributed by atoms with E-state index in [1.54, 1.807) is 24.3 Å². The van der Waals surface area contributed by atoms with Crippen molar-refractivity contribution >= 4 is 23.4 Å². The first-order valence-electron chi connectivity index (χ1n) is 9.27. The summed E-state index contributed by atoms with van der Waals surface area (Å²) in [6, 6.07) is 10.4. The maximum Gasteiger partial charge on any atom is 0.255 e. The van der Waals surface area contributed by atoms with Crippen LogP contribution in [0.3, 0.4) is 0 Å². The summed E-state index contributed by atoms with van der Waals surface area (Å²) in [6.07, 6.45) is 1.91. The van der Waals surface area contributed by atoms with E-state index in [1.807, 2.05) is 0 Å². The topological polar surface area (TPSA) is 58.6 Å². The lowest BCUT2D eigenvalue weighted by Crippen LogP contribution is -2.41. The highest BCUT2D eigenvalue weighted by atomic mass is 35.5. The number of ether oxygens (including phenoxy) is 1. The normalized spacial score (nSPS) is 21.1. The van der Waals surface area contributed by atoms with Crippen LogP contribution < -0.4 is 5.32 Å². The number of fused-ring (bicyclic) bond motifs is 1. The van der Waals surface area contributed by atoms with E-state index in [2.05, 4.69) is 5.32 Å². The van der Waals surface area contributed by atoms with Crippen molar-refractivity contribution in [2.45, 2.75) is 31.5 Å². The van der Waals surface area contributed by atoms with Crippen molar-refractivity contribution in [3.8, 4) is 0 Å². The van der Waals surface area contributed by atoms with Gasteiger partial charge in [-0.25, -0.2) is 4.39 Å². The molecular weight excluding hydrogens is 383 g/mol. The van der Waals surface area contributed by atoms with Crippen LogP contribution in [0.2, 0.25) is 5.02 Å². The van der Waals surface area contributed by atoms with Gasteiger partial charge in [0.1, 0.15) is 11.9 Å². The van der Waals surface area contributed by atoms with Crippen LogP contribution in [-0.2, 0) is 16.1 Å². The van der Waals surface area contributed by atoms with Gasteiger partial charge < -0.3 is 15.0 Å². The lowest BCUT2D eigenvalue weighted by Gasteiger charge is -2.25. The highest BCUT2D eigenvalue weighted by Gasteiger charge is 2.41. The van der Waals surface area contributed by atoms with E-state index in [4.69, 9.17) is 16.3 Å². The van der Waals surface area contributed by atoms with Crippen LogP contribution in [0.4, 0.5) is 4.39 Å². The number of amides is 2. The monoisotopic (exact) mass is 402 g/mol. The Morgan fingerprint density at radius 2 is 2.11 bits per heavy atom. The molecule has 4 rings (SSSR count). The summed E-state index contributed by atoms with van der Waals surface area (Å²) in [5.74, 6) is -0.948. The van der Waals surface area contributed by atoms with Gasteiger partial charge in [0.25, 0.3) is 5.91 Å². The molecule has 2 amide bonds. The number of carbonyl (C=O) groups is 2. The van der Waals surface area contributed by atoms with Crippen LogP contribution >= 0.6 is 11.6 Å². The molecule has 7 heteroatoms. The summed E-state index contributed by atoms with van der Waals surface area (Å²) in [6.45, 7) is 1.24. The van der Waals surface area contributed by atoms with E-state index < -0.39 is 11.9 Å².